The van der Waals surface area contributed by atoms with Crippen LogP contribution in [0.1, 0.15) is 18.1 Å². The zero-order valence-electron chi connectivity index (χ0n) is 15.0. The number of ether oxygens (including phenoxy) is 1. The van der Waals surface area contributed by atoms with E-state index in [4.69, 9.17) is 4.74 Å². The van der Waals surface area contributed by atoms with Crippen LogP contribution in [0.5, 0.6) is 0 Å². The first kappa shape index (κ1) is 21.6. The molecule has 1 N–H and O–H groups in total. The van der Waals surface area contributed by atoms with E-state index in [1.165, 1.54) is 43.3 Å². The largest absolute Gasteiger partial charge is 0.449 e. The Kier molecular flexibility index (Phi) is 6.71. The van der Waals surface area contributed by atoms with Crippen molar-refractivity contribution < 1.29 is 32.4 Å². The molecular formula is C19H15F3N2O5. The summed E-state index contributed by atoms with van der Waals surface area (Å²) in [7, 11) is 0. The number of anilines is 1. The Balaban J connectivity index is 1.93. The highest BCUT2D eigenvalue weighted by molar-refractivity contribution is 5.96. The van der Waals surface area contributed by atoms with Crippen molar-refractivity contribution >= 4 is 29.3 Å². The number of nitro benzene ring substituents is 1. The minimum absolute atomic E-state index is 0.0888. The van der Waals surface area contributed by atoms with Crippen molar-refractivity contribution in [1.29, 1.82) is 0 Å². The van der Waals surface area contributed by atoms with Crippen molar-refractivity contribution in [3.05, 3.63) is 75.8 Å². The summed E-state index contributed by atoms with van der Waals surface area (Å²) < 4.78 is 43.0. The maximum atomic E-state index is 12.7. The Labute approximate surface area is 162 Å². The number of rotatable bonds is 6. The number of halogens is 3. The highest BCUT2D eigenvalue weighted by Crippen LogP contribution is 2.30. The van der Waals surface area contributed by atoms with Crippen molar-refractivity contribution in [2.45, 2.75) is 19.2 Å². The molecule has 1 amide bonds. The number of nitrogens with one attached hydrogen (secondary N) is 1. The lowest BCUT2D eigenvalue weighted by molar-refractivity contribution is -0.384. The number of alkyl halides is 3. The first-order valence-electron chi connectivity index (χ1n) is 8.17. The van der Waals surface area contributed by atoms with Gasteiger partial charge < -0.3 is 10.1 Å². The van der Waals surface area contributed by atoms with Gasteiger partial charge in [0.1, 0.15) is 0 Å². The van der Waals surface area contributed by atoms with Gasteiger partial charge in [-0.25, -0.2) is 4.79 Å². The zero-order chi connectivity index (χ0) is 21.6. The van der Waals surface area contributed by atoms with E-state index in [1.54, 1.807) is 0 Å². The first-order valence-corrected chi connectivity index (χ1v) is 8.17. The summed E-state index contributed by atoms with van der Waals surface area (Å²) in [4.78, 5) is 33.8. The summed E-state index contributed by atoms with van der Waals surface area (Å²) in [5.41, 5.74) is -0.627. The van der Waals surface area contributed by atoms with E-state index in [0.717, 1.165) is 24.3 Å². The highest BCUT2D eigenvalue weighted by atomic mass is 19.4. The van der Waals surface area contributed by atoms with E-state index < -0.39 is 34.6 Å². The van der Waals surface area contributed by atoms with Crippen LogP contribution in [0.15, 0.2) is 54.6 Å². The molecule has 0 aliphatic carbocycles. The molecule has 2 rings (SSSR count). The van der Waals surface area contributed by atoms with Gasteiger partial charge in [0.25, 0.3) is 11.6 Å². The lowest BCUT2D eigenvalue weighted by atomic mass is 10.2. The van der Waals surface area contributed by atoms with Gasteiger partial charge in [0.15, 0.2) is 6.10 Å². The number of carbonyl (C=O) groups excluding carboxylic acids is 2. The molecule has 29 heavy (non-hydrogen) atoms. The summed E-state index contributed by atoms with van der Waals surface area (Å²) in [6, 6.07) is 9.41. The molecule has 0 aromatic heterocycles. The molecule has 0 aliphatic heterocycles. The second kappa shape index (κ2) is 9.00. The van der Waals surface area contributed by atoms with E-state index in [-0.39, 0.29) is 11.4 Å². The fourth-order valence-corrected chi connectivity index (χ4v) is 2.16. The Bertz CT molecular complexity index is 940. The Hall–Kier alpha value is -3.69. The van der Waals surface area contributed by atoms with Crippen LogP contribution in [0.2, 0.25) is 0 Å². The Morgan fingerprint density at radius 3 is 2.41 bits per heavy atom. The van der Waals surface area contributed by atoms with E-state index in [9.17, 15) is 32.9 Å². The fourth-order valence-electron chi connectivity index (χ4n) is 2.16. The lowest BCUT2D eigenvalue weighted by Crippen LogP contribution is -2.29. The summed E-state index contributed by atoms with van der Waals surface area (Å²) in [6.07, 6.45) is -3.46. The molecule has 0 spiro atoms. The molecule has 0 radical (unpaired) electrons. The van der Waals surface area contributed by atoms with Gasteiger partial charge in [0, 0.05) is 23.9 Å². The smallest absolute Gasteiger partial charge is 0.416 e. The molecule has 0 bridgehead atoms. The normalized spacial score (nSPS) is 12.4. The molecule has 1 atom stereocenters. The number of hydrogen-bond acceptors (Lipinski definition) is 5. The number of amides is 1. The molecule has 2 aromatic carbocycles. The van der Waals surface area contributed by atoms with Crippen LogP contribution in [0.3, 0.4) is 0 Å². The van der Waals surface area contributed by atoms with Gasteiger partial charge in [-0.1, -0.05) is 6.07 Å². The van der Waals surface area contributed by atoms with Crippen LogP contribution in [0, 0.1) is 10.1 Å². The maximum Gasteiger partial charge on any atom is 0.416 e. The predicted molar refractivity (Wildman–Crippen MR) is 97.8 cm³/mol. The number of benzene rings is 2. The molecule has 0 unspecified atom stereocenters. The topological polar surface area (TPSA) is 98.5 Å². The van der Waals surface area contributed by atoms with Gasteiger partial charge in [-0.3, -0.25) is 14.9 Å². The number of esters is 1. The SMILES string of the molecule is C[C@@H](OC(=O)/C=C/c1ccc([N+](=O)[O-])cc1)C(=O)Nc1cccc(C(F)(F)F)c1. The summed E-state index contributed by atoms with van der Waals surface area (Å²) in [6.45, 7) is 1.26. The number of carbonyl (C=O) groups is 2. The van der Waals surface area contributed by atoms with Gasteiger partial charge in [-0.05, 0) is 48.9 Å². The molecule has 7 nitrogen and oxygen atoms in total. The Morgan fingerprint density at radius 2 is 1.83 bits per heavy atom. The number of nitro groups is 1. The van der Waals surface area contributed by atoms with E-state index >= 15 is 0 Å². The van der Waals surface area contributed by atoms with Gasteiger partial charge in [0.2, 0.25) is 0 Å². The molecular weight excluding hydrogens is 393 g/mol. The molecule has 0 heterocycles. The van der Waals surface area contributed by atoms with Gasteiger partial charge >= 0.3 is 12.1 Å². The predicted octanol–water partition coefficient (Wildman–Crippen LogP) is 4.20. The zero-order valence-corrected chi connectivity index (χ0v) is 15.0. The minimum Gasteiger partial charge on any atom is -0.449 e. The summed E-state index contributed by atoms with van der Waals surface area (Å²) >= 11 is 0. The van der Waals surface area contributed by atoms with Crippen molar-refractivity contribution in [1.82, 2.24) is 0 Å². The monoisotopic (exact) mass is 408 g/mol. The standard InChI is InChI=1S/C19H15F3N2O5/c1-12(18(26)23-15-4-2-3-14(11-15)19(20,21)22)29-17(25)10-7-13-5-8-16(9-6-13)24(27)28/h2-12H,1H3,(H,23,26)/b10-7+/t12-/m1/s1. The van der Waals surface area contributed by atoms with E-state index in [2.05, 4.69) is 5.32 Å². The maximum absolute atomic E-state index is 12.7. The first-order chi connectivity index (χ1) is 13.6. The molecule has 152 valence electrons. The lowest BCUT2D eigenvalue weighted by Gasteiger charge is -2.13. The van der Waals surface area contributed by atoms with Crippen LogP contribution in [0.25, 0.3) is 6.08 Å². The van der Waals surface area contributed by atoms with Crippen molar-refractivity contribution in [3.8, 4) is 0 Å². The quantitative estimate of drug-likeness (QED) is 0.334. The minimum atomic E-state index is -4.55. The third kappa shape index (κ3) is 6.45. The van der Waals surface area contributed by atoms with Crippen molar-refractivity contribution in [2.75, 3.05) is 5.32 Å². The van der Waals surface area contributed by atoms with Crippen molar-refractivity contribution in [2.24, 2.45) is 0 Å². The van der Waals surface area contributed by atoms with Crippen LogP contribution in [0.4, 0.5) is 24.5 Å². The van der Waals surface area contributed by atoms with Crippen LogP contribution in [-0.2, 0) is 20.5 Å². The molecule has 10 heteroatoms. The molecule has 0 saturated carbocycles. The van der Waals surface area contributed by atoms with Crippen LogP contribution >= 0.6 is 0 Å². The summed E-state index contributed by atoms with van der Waals surface area (Å²) in [5, 5.41) is 12.8. The molecule has 2 aromatic rings. The van der Waals surface area contributed by atoms with Crippen LogP contribution in [-0.4, -0.2) is 22.9 Å². The fraction of sp³-hybridized carbons (Fsp3) is 0.158. The van der Waals surface area contributed by atoms with Crippen LogP contribution < -0.4 is 5.32 Å². The van der Waals surface area contributed by atoms with Crippen molar-refractivity contribution in [3.63, 3.8) is 0 Å². The number of hydrogen-bond donors (Lipinski definition) is 1. The average molecular weight is 408 g/mol. The third-order valence-electron chi connectivity index (χ3n) is 3.64. The molecule has 0 fully saturated rings. The van der Waals surface area contributed by atoms with E-state index in [1.807, 2.05) is 0 Å². The van der Waals surface area contributed by atoms with Gasteiger partial charge in [0.05, 0.1) is 10.5 Å². The summed E-state index contributed by atoms with van der Waals surface area (Å²) in [5.74, 6) is -1.67. The Morgan fingerprint density at radius 1 is 1.17 bits per heavy atom. The third-order valence-corrected chi connectivity index (χ3v) is 3.64. The second-order valence-corrected chi connectivity index (χ2v) is 5.83. The number of nitrogens with zero attached hydrogens (tertiary/aromatic N) is 1. The second-order valence-electron chi connectivity index (χ2n) is 5.83. The highest BCUT2D eigenvalue weighted by Gasteiger charge is 2.30. The number of non-ortho nitro benzene ring substituents is 1. The molecule has 0 saturated heterocycles. The average Bonchev–Trinajstić information content (AvgIpc) is 2.66. The van der Waals surface area contributed by atoms with Gasteiger partial charge in [-0.2, -0.15) is 13.2 Å². The molecule has 0 aliphatic rings. The van der Waals surface area contributed by atoms with Gasteiger partial charge in [-0.15, -0.1) is 0 Å². The van der Waals surface area contributed by atoms with E-state index in [0.29, 0.717) is 5.56 Å².